The molecule has 0 unspecified atom stereocenters. The highest BCUT2D eigenvalue weighted by atomic mass is 19.3. The Hall–Kier alpha value is -1.17. The molecule has 72 valence electrons. The molecule has 0 bridgehead atoms. The summed E-state index contributed by atoms with van der Waals surface area (Å²) >= 11 is 0. The number of nitrogens with one attached hydrogen (secondary N) is 1. The first-order chi connectivity index (χ1) is 6.25. The predicted molar refractivity (Wildman–Crippen MR) is 40.8 cm³/mol. The van der Waals surface area contributed by atoms with Crippen LogP contribution in [0, 0.1) is 0 Å². The molecule has 1 aliphatic rings. The summed E-state index contributed by atoms with van der Waals surface area (Å²) in [5, 5.41) is 6.46. The van der Waals surface area contributed by atoms with E-state index in [1.807, 2.05) is 0 Å². The third kappa shape index (κ3) is 1.77. The second kappa shape index (κ2) is 3.29. The largest absolute Gasteiger partial charge is 0.484 e. The van der Waals surface area contributed by atoms with Crippen LogP contribution in [0.25, 0.3) is 0 Å². The highest BCUT2D eigenvalue weighted by Gasteiger charge is 2.19. The van der Waals surface area contributed by atoms with Gasteiger partial charge in [-0.2, -0.15) is 13.9 Å². The van der Waals surface area contributed by atoms with Crippen molar-refractivity contribution in [1.29, 1.82) is 0 Å². The molecule has 1 saturated heterocycles. The summed E-state index contributed by atoms with van der Waals surface area (Å²) in [6.45, 7) is -1.07. The Morgan fingerprint density at radius 2 is 2.38 bits per heavy atom. The van der Waals surface area contributed by atoms with Crippen LogP contribution in [-0.4, -0.2) is 29.0 Å². The molecule has 0 radical (unpaired) electrons. The normalized spacial score (nSPS) is 17.5. The number of hydrogen-bond donors (Lipinski definition) is 1. The standard InChI is InChI=1S/C7H9F2N3O/c8-7(9)12-4-6(3-11-12)13-5-1-10-2-5/h3-5,7,10H,1-2H2. The van der Waals surface area contributed by atoms with Crippen molar-refractivity contribution in [1.82, 2.24) is 15.1 Å². The lowest BCUT2D eigenvalue weighted by Gasteiger charge is -2.26. The van der Waals surface area contributed by atoms with Gasteiger partial charge in [0, 0.05) is 13.1 Å². The van der Waals surface area contributed by atoms with Crippen LogP contribution in [0.2, 0.25) is 0 Å². The molecule has 2 heterocycles. The minimum absolute atomic E-state index is 0.0929. The molecule has 1 aliphatic heterocycles. The molecule has 6 heteroatoms. The van der Waals surface area contributed by atoms with E-state index in [-0.39, 0.29) is 6.10 Å². The molecule has 1 N–H and O–H groups in total. The van der Waals surface area contributed by atoms with Crippen LogP contribution in [0.15, 0.2) is 12.4 Å². The predicted octanol–water partition coefficient (Wildman–Crippen LogP) is 0.629. The Labute approximate surface area is 73.5 Å². The van der Waals surface area contributed by atoms with Gasteiger partial charge in [0.05, 0.1) is 12.4 Å². The number of nitrogens with zero attached hydrogens (tertiary/aromatic N) is 2. The number of halogens is 2. The Morgan fingerprint density at radius 3 is 2.85 bits per heavy atom. The molecule has 0 aliphatic carbocycles. The number of ether oxygens (including phenoxy) is 1. The summed E-state index contributed by atoms with van der Waals surface area (Å²) in [6, 6.07) is 0. The summed E-state index contributed by atoms with van der Waals surface area (Å²) in [5.74, 6) is 0.395. The fourth-order valence-corrected chi connectivity index (χ4v) is 1.03. The molecular weight excluding hydrogens is 180 g/mol. The van der Waals surface area contributed by atoms with Crippen molar-refractivity contribution < 1.29 is 13.5 Å². The number of aromatic nitrogens is 2. The monoisotopic (exact) mass is 189 g/mol. The SMILES string of the molecule is FC(F)n1cc(OC2CNC2)cn1. The van der Waals surface area contributed by atoms with Gasteiger partial charge >= 0.3 is 6.55 Å². The lowest BCUT2D eigenvalue weighted by Crippen LogP contribution is -2.50. The van der Waals surface area contributed by atoms with Crippen molar-refractivity contribution in [2.24, 2.45) is 0 Å². The van der Waals surface area contributed by atoms with Crippen molar-refractivity contribution in [3.8, 4) is 5.75 Å². The molecule has 4 nitrogen and oxygen atoms in total. The van der Waals surface area contributed by atoms with Gasteiger partial charge in [0.1, 0.15) is 6.10 Å². The molecular formula is C7H9F2N3O. The number of rotatable bonds is 3. The van der Waals surface area contributed by atoms with E-state index >= 15 is 0 Å². The highest BCUT2D eigenvalue weighted by molar-refractivity contribution is 5.13. The van der Waals surface area contributed by atoms with Crippen molar-refractivity contribution in [3.05, 3.63) is 12.4 Å². The van der Waals surface area contributed by atoms with Crippen molar-refractivity contribution in [2.45, 2.75) is 12.7 Å². The molecule has 0 amide bonds. The van der Waals surface area contributed by atoms with Crippen molar-refractivity contribution in [3.63, 3.8) is 0 Å². The maximum Gasteiger partial charge on any atom is 0.333 e. The first-order valence-corrected chi connectivity index (χ1v) is 3.95. The van der Waals surface area contributed by atoms with Crippen LogP contribution in [0.4, 0.5) is 8.78 Å². The van der Waals surface area contributed by atoms with Gasteiger partial charge in [-0.15, -0.1) is 0 Å². The first kappa shape index (κ1) is 8.43. The van der Waals surface area contributed by atoms with Crippen molar-refractivity contribution in [2.75, 3.05) is 13.1 Å². The van der Waals surface area contributed by atoms with Gasteiger partial charge in [-0.1, -0.05) is 0 Å². The second-order valence-electron chi connectivity index (χ2n) is 2.83. The molecule has 2 rings (SSSR count). The summed E-state index contributed by atoms with van der Waals surface area (Å²) in [7, 11) is 0. The van der Waals surface area contributed by atoms with E-state index in [0.717, 1.165) is 13.1 Å². The van der Waals surface area contributed by atoms with Gasteiger partial charge in [-0.3, -0.25) is 0 Å². The molecule has 0 aromatic carbocycles. The van der Waals surface area contributed by atoms with Gasteiger partial charge in [0.25, 0.3) is 0 Å². The van der Waals surface area contributed by atoms with Crippen LogP contribution in [0.5, 0.6) is 5.75 Å². The Morgan fingerprint density at radius 1 is 1.62 bits per heavy atom. The lowest BCUT2D eigenvalue weighted by molar-refractivity contribution is 0.0558. The molecule has 0 atom stereocenters. The molecule has 1 aromatic heterocycles. The minimum Gasteiger partial charge on any atom is -0.484 e. The zero-order valence-electron chi connectivity index (χ0n) is 6.78. The Bertz CT molecular complexity index is 285. The van der Waals surface area contributed by atoms with Crippen LogP contribution in [0.1, 0.15) is 6.55 Å². The van der Waals surface area contributed by atoms with Crippen LogP contribution < -0.4 is 10.1 Å². The van der Waals surface area contributed by atoms with E-state index in [2.05, 4.69) is 10.4 Å². The molecule has 1 fully saturated rings. The van der Waals surface area contributed by atoms with Gasteiger partial charge in [0.2, 0.25) is 0 Å². The maximum atomic E-state index is 12.0. The lowest BCUT2D eigenvalue weighted by atomic mass is 10.2. The minimum atomic E-state index is -2.60. The van der Waals surface area contributed by atoms with E-state index < -0.39 is 6.55 Å². The van der Waals surface area contributed by atoms with Gasteiger partial charge in [-0.25, -0.2) is 4.68 Å². The third-order valence-electron chi connectivity index (χ3n) is 1.82. The van der Waals surface area contributed by atoms with E-state index in [1.165, 1.54) is 12.4 Å². The summed E-state index contributed by atoms with van der Waals surface area (Å²) in [6.07, 6.45) is 2.59. The van der Waals surface area contributed by atoms with Crippen LogP contribution >= 0.6 is 0 Å². The van der Waals surface area contributed by atoms with Gasteiger partial charge in [0.15, 0.2) is 5.75 Å². The summed E-state index contributed by atoms with van der Waals surface area (Å²) < 4.78 is 30.0. The Kier molecular flexibility index (Phi) is 2.13. The molecule has 0 spiro atoms. The third-order valence-corrected chi connectivity index (χ3v) is 1.82. The molecule has 0 saturated carbocycles. The van der Waals surface area contributed by atoms with E-state index in [1.54, 1.807) is 0 Å². The molecule has 13 heavy (non-hydrogen) atoms. The summed E-state index contributed by atoms with van der Waals surface area (Å²) in [5.41, 5.74) is 0. The zero-order chi connectivity index (χ0) is 9.26. The summed E-state index contributed by atoms with van der Waals surface area (Å²) in [4.78, 5) is 0. The highest BCUT2D eigenvalue weighted by Crippen LogP contribution is 2.16. The maximum absolute atomic E-state index is 12.0. The average molecular weight is 189 g/mol. The van der Waals surface area contributed by atoms with Gasteiger partial charge in [-0.05, 0) is 0 Å². The van der Waals surface area contributed by atoms with E-state index in [4.69, 9.17) is 4.74 Å². The fourth-order valence-electron chi connectivity index (χ4n) is 1.03. The average Bonchev–Trinajstić information content (AvgIpc) is 2.44. The van der Waals surface area contributed by atoms with Gasteiger partial charge < -0.3 is 10.1 Å². The fraction of sp³-hybridized carbons (Fsp3) is 0.571. The number of hydrogen-bond acceptors (Lipinski definition) is 3. The Balaban J connectivity index is 1.96. The second-order valence-corrected chi connectivity index (χ2v) is 2.83. The zero-order valence-corrected chi connectivity index (χ0v) is 6.78. The van der Waals surface area contributed by atoms with E-state index in [9.17, 15) is 8.78 Å². The van der Waals surface area contributed by atoms with Crippen LogP contribution in [-0.2, 0) is 0 Å². The first-order valence-electron chi connectivity index (χ1n) is 3.95. The van der Waals surface area contributed by atoms with Crippen LogP contribution in [0.3, 0.4) is 0 Å². The quantitative estimate of drug-likeness (QED) is 0.757. The smallest absolute Gasteiger partial charge is 0.333 e. The topological polar surface area (TPSA) is 39.1 Å². The number of alkyl halides is 2. The van der Waals surface area contributed by atoms with Crippen molar-refractivity contribution >= 4 is 0 Å². The van der Waals surface area contributed by atoms with E-state index in [0.29, 0.717) is 10.4 Å². The molecule has 1 aromatic rings.